The zero-order valence-corrected chi connectivity index (χ0v) is 20.6. The fourth-order valence-electron chi connectivity index (χ4n) is 4.23. The van der Waals surface area contributed by atoms with Gasteiger partial charge in [-0.25, -0.2) is 13.9 Å². The summed E-state index contributed by atoms with van der Waals surface area (Å²) in [7, 11) is 0. The van der Waals surface area contributed by atoms with Gasteiger partial charge in [-0.2, -0.15) is 0 Å². The molecule has 0 aliphatic carbocycles. The third-order valence-electron chi connectivity index (χ3n) is 6.00. The fourth-order valence-corrected chi connectivity index (χ4v) is 5.15. The Kier molecular flexibility index (Phi) is 6.68. The Balaban J connectivity index is 1.19. The number of fused-ring (bicyclic) bond motifs is 1. The van der Waals surface area contributed by atoms with Crippen LogP contribution >= 0.6 is 11.3 Å². The monoisotopic (exact) mass is 493 g/mol. The molecule has 4 aromatic rings. The molecule has 1 fully saturated rings. The van der Waals surface area contributed by atoms with E-state index >= 15 is 0 Å². The molecular formula is C26H28FN5O2S. The summed E-state index contributed by atoms with van der Waals surface area (Å²) in [5.41, 5.74) is 2.65. The summed E-state index contributed by atoms with van der Waals surface area (Å²) in [6.07, 6.45) is 3.78. The molecule has 1 N–H and O–H groups in total. The van der Waals surface area contributed by atoms with Gasteiger partial charge in [0.25, 0.3) is 0 Å². The molecule has 1 amide bonds. The molecule has 3 heterocycles. The van der Waals surface area contributed by atoms with E-state index in [2.05, 4.69) is 15.2 Å². The lowest BCUT2D eigenvalue weighted by molar-refractivity contribution is -0.125. The van der Waals surface area contributed by atoms with Gasteiger partial charge in [0.1, 0.15) is 11.6 Å². The first-order valence-corrected chi connectivity index (χ1v) is 12.7. The summed E-state index contributed by atoms with van der Waals surface area (Å²) in [4.78, 5) is 20.5. The summed E-state index contributed by atoms with van der Waals surface area (Å²) in [6.45, 7) is 5.98. The maximum atomic E-state index is 13.2. The predicted molar refractivity (Wildman–Crippen MR) is 135 cm³/mol. The van der Waals surface area contributed by atoms with Crippen LogP contribution in [0.15, 0.2) is 54.7 Å². The third kappa shape index (κ3) is 5.45. The van der Waals surface area contributed by atoms with Gasteiger partial charge in [-0.05, 0) is 68.7 Å². The van der Waals surface area contributed by atoms with Crippen molar-refractivity contribution in [2.45, 2.75) is 39.3 Å². The summed E-state index contributed by atoms with van der Waals surface area (Å²) in [6, 6.07) is 14.1. The molecule has 9 heteroatoms. The number of aromatic nitrogens is 3. The third-order valence-corrected chi connectivity index (χ3v) is 6.98. The Labute approximate surface area is 207 Å². The van der Waals surface area contributed by atoms with Gasteiger partial charge in [0, 0.05) is 25.2 Å². The molecule has 0 radical (unpaired) electrons. The summed E-state index contributed by atoms with van der Waals surface area (Å²) in [5, 5.41) is 8.64. The van der Waals surface area contributed by atoms with Crippen molar-refractivity contribution in [2.75, 3.05) is 18.0 Å². The lowest BCUT2D eigenvalue weighted by Gasteiger charge is -2.31. The number of hydrogen-bond donors (Lipinski definition) is 1. The minimum atomic E-state index is -0.270. The van der Waals surface area contributed by atoms with Gasteiger partial charge in [0.05, 0.1) is 23.9 Å². The number of nitrogens with one attached hydrogen (secondary N) is 1. The zero-order chi connectivity index (χ0) is 24.4. The van der Waals surface area contributed by atoms with Gasteiger partial charge in [-0.3, -0.25) is 4.79 Å². The molecule has 0 saturated carbocycles. The number of benzene rings is 2. The van der Waals surface area contributed by atoms with E-state index in [9.17, 15) is 9.18 Å². The molecule has 182 valence electrons. The van der Waals surface area contributed by atoms with Crippen LogP contribution in [0.3, 0.4) is 0 Å². The van der Waals surface area contributed by atoms with Crippen molar-refractivity contribution < 1.29 is 13.9 Å². The van der Waals surface area contributed by atoms with Gasteiger partial charge in [0.15, 0.2) is 0 Å². The van der Waals surface area contributed by atoms with E-state index < -0.39 is 0 Å². The molecule has 1 saturated heterocycles. The van der Waals surface area contributed by atoms with Crippen LogP contribution in [0.25, 0.3) is 16.2 Å². The first-order chi connectivity index (χ1) is 16.9. The first-order valence-electron chi connectivity index (χ1n) is 11.8. The van der Waals surface area contributed by atoms with Crippen LogP contribution in [-0.4, -0.2) is 39.7 Å². The molecule has 0 unspecified atom stereocenters. The van der Waals surface area contributed by atoms with Crippen molar-refractivity contribution in [2.24, 2.45) is 5.92 Å². The second-order valence-corrected chi connectivity index (χ2v) is 9.99. The Morgan fingerprint density at radius 3 is 2.69 bits per heavy atom. The van der Waals surface area contributed by atoms with Gasteiger partial charge in [-0.1, -0.05) is 23.5 Å². The molecule has 35 heavy (non-hydrogen) atoms. The Bertz CT molecular complexity index is 1270. The highest BCUT2D eigenvalue weighted by molar-refractivity contribution is 7.20. The zero-order valence-electron chi connectivity index (χ0n) is 19.8. The lowest BCUT2D eigenvalue weighted by atomic mass is 9.97. The van der Waals surface area contributed by atoms with E-state index in [1.54, 1.807) is 16.6 Å². The number of rotatable bonds is 7. The normalized spacial score (nSPS) is 16.1. The largest absolute Gasteiger partial charge is 0.491 e. The van der Waals surface area contributed by atoms with Crippen LogP contribution in [0.4, 0.5) is 9.52 Å². The quantitative estimate of drug-likeness (QED) is 0.396. The number of halogens is 1. The number of imidazole rings is 1. The van der Waals surface area contributed by atoms with Crippen LogP contribution in [0.2, 0.25) is 0 Å². The summed E-state index contributed by atoms with van der Waals surface area (Å²) >= 11 is 1.50. The highest BCUT2D eigenvalue weighted by Gasteiger charge is 2.28. The average molecular weight is 494 g/mol. The number of ether oxygens (including phenoxy) is 1. The van der Waals surface area contributed by atoms with Gasteiger partial charge in [0.2, 0.25) is 16.0 Å². The Morgan fingerprint density at radius 1 is 1.20 bits per heavy atom. The minimum absolute atomic E-state index is 0.0668. The van der Waals surface area contributed by atoms with Crippen LogP contribution in [-0.2, 0) is 11.3 Å². The van der Waals surface area contributed by atoms with E-state index in [0.717, 1.165) is 52.0 Å². The molecule has 5 rings (SSSR count). The second kappa shape index (κ2) is 10.0. The number of nitrogens with zero attached hydrogens (tertiary/aromatic N) is 4. The number of anilines is 1. The van der Waals surface area contributed by atoms with Crippen LogP contribution < -0.4 is 15.0 Å². The SMILES string of the molecule is CC(C)Oc1ccc(CNC(=O)[C@H]2CCCN(c3nn4cc(-c5ccc(F)cc5)nc4s3)C2)cc1. The van der Waals surface area contributed by atoms with Gasteiger partial charge < -0.3 is 15.0 Å². The van der Waals surface area contributed by atoms with Crippen molar-refractivity contribution in [1.82, 2.24) is 19.9 Å². The maximum absolute atomic E-state index is 13.2. The topological polar surface area (TPSA) is 71.8 Å². The summed E-state index contributed by atoms with van der Waals surface area (Å²) < 4.78 is 20.6. The highest BCUT2D eigenvalue weighted by Crippen LogP contribution is 2.30. The number of carbonyl (C=O) groups is 1. The van der Waals surface area contributed by atoms with E-state index in [1.165, 1.54) is 23.5 Å². The van der Waals surface area contributed by atoms with Gasteiger partial charge >= 0.3 is 0 Å². The van der Waals surface area contributed by atoms with Crippen molar-refractivity contribution >= 4 is 27.3 Å². The maximum Gasteiger partial charge on any atom is 0.225 e. The smallest absolute Gasteiger partial charge is 0.225 e. The number of hydrogen-bond acceptors (Lipinski definition) is 6. The molecule has 7 nitrogen and oxygen atoms in total. The molecule has 2 aromatic carbocycles. The van der Waals surface area contributed by atoms with Gasteiger partial charge in [-0.15, -0.1) is 5.10 Å². The molecule has 1 atom stereocenters. The summed E-state index contributed by atoms with van der Waals surface area (Å²) in [5.74, 6) is 0.543. The molecule has 1 aliphatic rings. The molecule has 1 aliphatic heterocycles. The number of amides is 1. The minimum Gasteiger partial charge on any atom is -0.491 e. The molecule has 0 spiro atoms. The fraction of sp³-hybridized carbons (Fsp3) is 0.346. The molecular weight excluding hydrogens is 465 g/mol. The van der Waals surface area contributed by atoms with Crippen molar-refractivity contribution in [3.63, 3.8) is 0 Å². The number of piperidine rings is 1. The Hall–Kier alpha value is -3.46. The highest BCUT2D eigenvalue weighted by atomic mass is 32.1. The predicted octanol–water partition coefficient (Wildman–Crippen LogP) is 4.92. The van der Waals surface area contributed by atoms with Crippen molar-refractivity contribution in [3.8, 4) is 17.0 Å². The van der Waals surface area contributed by atoms with Crippen molar-refractivity contribution in [3.05, 3.63) is 66.1 Å². The molecule has 0 bridgehead atoms. The second-order valence-electron chi connectivity index (χ2n) is 9.06. The Morgan fingerprint density at radius 2 is 1.97 bits per heavy atom. The van der Waals surface area contributed by atoms with E-state index in [1.807, 2.05) is 44.3 Å². The standard InChI is InChI=1S/C26H28FN5O2S/c1-17(2)34-22-11-5-18(6-12-22)14-28-24(33)20-4-3-13-31(15-20)26-30-32-16-23(29-25(32)35-26)19-7-9-21(27)10-8-19/h5-12,16-17,20H,3-4,13-15H2,1-2H3,(H,28,33)/t20-/m0/s1. The van der Waals surface area contributed by atoms with E-state index in [4.69, 9.17) is 9.84 Å². The van der Waals surface area contributed by atoms with E-state index in [0.29, 0.717) is 13.1 Å². The average Bonchev–Trinajstić information content (AvgIpc) is 3.43. The lowest BCUT2D eigenvalue weighted by Crippen LogP contribution is -2.43. The van der Waals surface area contributed by atoms with Crippen LogP contribution in [0.1, 0.15) is 32.3 Å². The first kappa shape index (κ1) is 23.3. The van der Waals surface area contributed by atoms with Crippen LogP contribution in [0, 0.1) is 11.7 Å². The van der Waals surface area contributed by atoms with E-state index in [-0.39, 0.29) is 23.7 Å². The molecule has 2 aromatic heterocycles. The van der Waals surface area contributed by atoms with Crippen molar-refractivity contribution in [1.29, 1.82) is 0 Å². The number of carbonyl (C=O) groups excluding carboxylic acids is 1. The van der Waals surface area contributed by atoms with Crippen LogP contribution in [0.5, 0.6) is 5.75 Å².